The minimum atomic E-state index is -0.378. The Balaban J connectivity index is 1.71. The van der Waals surface area contributed by atoms with Crippen molar-refractivity contribution in [1.82, 2.24) is 10.2 Å². The van der Waals surface area contributed by atoms with Crippen molar-refractivity contribution < 1.29 is 13.5 Å². The molecule has 0 aliphatic heterocycles. The van der Waals surface area contributed by atoms with Crippen LogP contribution in [0.25, 0.3) is 11.5 Å². The van der Waals surface area contributed by atoms with Gasteiger partial charge >= 0.3 is 0 Å². The first-order valence-corrected chi connectivity index (χ1v) is 8.41. The maximum Gasteiger partial charge on any atom is 0.277 e. The van der Waals surface area contributed by atoms with E-state index in [0.29, 0.717) is 16.9 Å². The third-order valence-electron chi connectivity index (χ3n) is 3.45. The number of methoxy groups -OCH3 is 1. The van der Waals surface area contributed by atoms with Gasteiger partial charge in [0.15, 0.2) is 11.6 Å². The second-order valence-electron chi connectivity index (χ2n) is 5.51. The van der Waals surface area contributed by atoms with Crippen molar-refractivity contribution in [2.45, 2.75) is 24.8 Å². The summed E-state index contributed by atoms with van der Waals surface area (Å²) < 4.78 is 24.3. The van der Waals surface area contributed by atoms with Crippen molar-refractivity contribution in [3.63, 3.8) is 0 Å². The lowest BCUT2D eigenvalue weighted by molar-refractivity contribution is 0.386. The van der Waals surface area contributed by atoms with Crippen LogP contribution < -0.4 is 4.74 Å². The average Bonchev–Trinajstić information content (AvgIpc) is 3.01. The Labute approximate surface area is 144 Å². The number of aryl methyl sites for hydroxylation is 2. The van der Waals surface area contributed by atoms with Crippen LogP contribution in [0.4, 0.5) is 4.39 Å². The highest BCUT2D eigenvalue weighted by atomic mass is 32.2. The summed E-state index contributed by atoms with van der Waals surface area (Å²) in [5.74, 6) is 0.885. The first-order valence-electron chi connectivity index (χ1n) is 7.42. The van der Waals surface area contributed by atoms with Crippen LogP contribution in [0.1, 0.15) is 16.7 Å². The standard InChI is InChI=1S/C18H17FN2O2S/c1-11-6-12(2)8-14(7-11)17-20-21-18(23-17)24-10-13-4-5-16(22-3)15(19)9-13/h4-9H,10H2,1-3H3. The first-order chi connectivity index (χ1) is 11.5. The molecule has 0 atom stereocenters. The highest BCUT2D eigenvalue weighted by Crippen LogP contribution is 2.28. The van der Waals surface area contributed by atoms with Crippen LogP contribution in [0.3, 0.4) is 0 Å². The third-order valence-corrected chi connectivity index (χ3v) is 4.34. The minimum Gasteiger partial charge on any atom is -0.494 e. The summed E-state index contributed by atoms with van der Waals surface area (Å²) in [6.45, 7) is 4.06. The number of rotatable bonds is 5. The van der Waals surface area contributed by atoms with Gasteiger partial charge in [0.1, 0.15) is 0 Å². The average molecular weight is 344 g/mol. The number of aromatic nitrogens is 2. The van der Waals surface area contributed by atoms with Crippen molar-refractivity contribution in [3.8, 4) is 17.2 Å². The SMILES string of the molecule is COc1ccc(CSc2nnc(-c3cc(C)cc(C)c3)o2)cc1F. The van der Waals surface area contributed by atoms with Gasteiger partial charge < -0.3 is 9.15 Å². The molecule has 0 aliphatic carbocycles. The first kappa shape index (κ1) is 16.5. The number of nitrogens with zero attached hydrogens (tertiary/aromatic N) is 2. The van der Waals surface area contributed by atoms with E-state index >= 15 is 0 Å². The Hall–Kier alpha value is -2.34. The van der Waals surface area contributed by atoms with E-state index in [0.717, 1.165) is 22.3 Å². The Bertz CT molecular complexity index is 844. The van der Waals surface area contributed by atoms with Crippen LogP contribution in [0.15, 0.2) is 46.0 Å². The molecule has 0 fully saturated rings. The molecule has 4 nitrogen and oxygen atoms in total. The molecule has 0 unspecified atom stereocenters. The Kier molecular flexibility index (Phi) is 4.85. The van der Waals surface area contributed by atoms with Crippen molar-refractivity contribution in [3.05, 3.63) is 58.9 Å². The molecule has 24 heavy (non-hydrogen) atoms. The van der Waals surface area contributed by atoms with Gasteiger partial charge in [-0.05, 0) is 43.7 Å². The smallest absolute Gasteiger partial charge is 0.277 e. The molecule has 1 heterocycles. The van der Waals surface area contributed by atoms with E-state index in [1.807, 2.05) is 32.0 Å². The summed E-state index contributed by atoms with van der Waals surface area (Å²) in [7, 11) is 1.44. The fraction of sp³-hybridized carbons (Fsp3) is 0.222. The molecule has 0 aliphatic rings. The normalized spacial score (nSPS) is 10.8. The molecule has 1 aromatic heterocycles. The third kappa shape index (κ3) is 3.76. The quantitative estimate of drug-likeness (QED) is 0.623. The second kappa shape index (κ2) is 7.05. The van der Waals surface area contributed by atoms with Gasteiger partial charge in [0.05, 0.1) is 7.11 Å². The molecule has 3 aromatic rings. The predicted octanol–water partition coefficient (Wildman–Crippen LogP) is 4.79. The highest BCUT2D eigenvalue weighted by molar-refractivity contribution is 7.98. The molecule has 0 saturated carbocycles. The van der Waals surface area contributed by atoms with Crippen molar-refractivity contribution >= 4 is 11.8 Å². The molecule has 0 spiro atoms. The van der Waals surface area contributed by atoms with Gasteiger partial charge in [-0.3, -0.25) is 0 Å². The molecule has 0 N–H and O–H groups in total. The summed E-state index contributed by atoms with van der Waals surface area (Å²) in [6.07, 6.45) is 0. The molecule has 2 aromatic carbocycles. The topological polar surface area (TPSA) is 48.2 Å². The largest absolute Gasteiger partial charge is 0.494 e. The Morgan fingerprint density at radius 1 is 1.08 bits per heavy atom. The van der Waals surface area contributed by atoms with Gasteiger partial charge in [-0.25, -0.2) is 4.39 Å². The highest BCUT2D eigenvalue weighted by Gasteiger charge is 2.11. The van der Waals surface area contributed by atoms with Gasteiger partial charge in [-0.1, -0.05) is 35.0 Å². The molecule has 6 heteroatoms. The van der Waals surface area contributed by atoms with Crippen molar-refractivity contribution in [2.24, 2.45) is 0 Å². The lowest BCUT2D eigenvalue weighted by Gasteiger charge is -2.03. The second-order valence-corrected chi connectivity index (χ2v) is 6.43. The molecule has 0 amide bonds. The summed E-state index contributed by atoms with van der Waals surface area (Å²) in [4.78, 5) is 0. The molecule has 0 radical (unpaired) electrons. The monoisotopic (exact) mass is 344 g/mol. The molecular formula is C18H17FN2O2S. The van der Waals surface area contributed by atoms with Crippen LogP contribution in [0.5, 0.6) is 5.75 Å². The van der Waals surface area contributed by atoms with Crippen LogP contribution >= 0.6 is 11.8 Å². The van der Waals surface area contributed by atoms with E-state index in [9.17, 15) is 4.39 Å². The molecule has 3 rings (SSSR count). The van der Waals surface area contributed by atoms with E-state index < -0.39 is 0 Å². The van der Waals surface area contributed by atoms with E-state index in [1.165, 1.54) is 24.9 Å². The number of thioether (sulfide) groups is 1. The predicted molar refractivity (Wildman–Crippen MR) is 91.7 cm³/mol. The fourth-order valence-corrected chi connectivity index (χ4v) is 3.13. The number of halogens is 1. The number of ether oxygens (including phenoxy) is 1. The summed E-state index contributed by atoms with van der Waals surface area (Å²) in [5.41, 5.74) is 4.02. The lowest BCUT2D eigenvalue weighted by atomic mass is 10.1. The van der Waals surface area contributed by atoms with Gasteiger partial charge in [0.2, 0.25) is 5.89 Å². The molecule has 124 valence electrons. The van der Waals surface area contributed by atoms with Gasteiger partial charge in [-0.15, -0.1) is 10.2 Å². The summed E-state index contributed by atoms with van der Waals surface area (Å²) in [5, 5.41) is 8.60. The lowest BCUT2D eigenvalue weighted by Crippen LogP contribution is -1.90. The zero-order valence-electron chi connectivity index (χ0n) is 13.7. The number of hydrogen-bond acceptors (Lipinski definition) is 5. The van der Waals surface area contributed by atoms with E-state index in [-0.39, 0.29) is 11.6 Å². The van der Waals surface area contributed by atoms with E-state index in [2.05, 4.69) is 16.3 Å². The Morgan fingerprint density at radius 3 is 2.50 bits per heavy atom. The van der Waals surface area contributed by atoms with E-state index in [4.69, 9.17) is 9.15 Å². The molecule has 0 bridgehead atoms. The summed E-state index contributed by atoms with van der Waals surface area (Å²) >= 11 is 1.37. The Morgan fingerprint density at radius 2 is 1.83 bits per heavy atom. The minimum absolute atomic E-state index is 0.235. The molecular weight excluding hydrogens is 327 g/mol. The zero-order chi connectivity index (χ0) is 17.1. The maximum atomic E-state index is 13.7. The number of hydrogen-bond donors (Lipinski definition) is 0. The van der Waals surface area contributed by atoms with Gasteiger partial charge in [-0.2, -0.15) is 0 Å². The van der Waals surface area contributed by atoms with Crippen molar-refractivity contribution in [1.29, 1.82) is 0 Å². The fourth-order valence-electron chi connectivity index (χ4n) is 2.43. The van der Waals surface area contributed by atoms with Crippen molar-refractivity contribution in [2.75, 3.05) is 7.11 Å². The zero-order valence-corrected chi connectivity index (χ0v) is 14.5. The van der Waals surface area contributed by atoms with E-state index in [1.54, 1.807) is 6.07 Å². The van der Waals surface area contributed by atoms with Crippen LogP contribution in [0.2, 0.25) is 0 Å². The maximum absolute atomic E-state index is 13.7. The van der Waals surface area contributed by atoms with Gasteiger partial charge in [0, 0.05) is 11.3 Å². The molecule has 0 saturated heterocycles. The van der Waals surface area contributed by atoms with Crippen LogP contribution in [-0.2, 0) is 5.75 Å². The van der Waals surface area contributed by atoms with Crippen LogP contribution in [0, 0.1) is 19.7 Å². The van der Waals surface area contributed by atoms with Crippen LogP contribution in [-0.4, -0.2) is 17.3 Å². The number of benzene rings is 2. The summed E-state index contributed by atoms with van der Waals surface area (Å²) in [6, 6.07) is 11.0. The van der Waals surface area contributed by atoms with Gasteiger partial charge in [0.25, 0.3) is 5.22 Å².